The minimum Gasteiger partial charge on any atom is -0.497 e. The lowest BCUT2D eigenvalue weighted by molar-refractivity contribution is -0.120. The van der Waals surface area contributed by atoms with E-state index < -0.39 is 0 Å². The first-order valence-corrected chi connectivity index (χ1v) is 9.72. The second-order valence-electron chi connectivity index (χ2n) is 7.22. The molecule has 0 radical (unpaired) electrons. The molecule has 2 aromatic rings. The number of nitrogens with one attached hydrogen (secondary N) is 1. The number of hydrogen-bond donors (Lipinski definition) is 1. The molecule has 1 aliphatic rings. The number of pyridine rings is 1. The van der Waals surface area contributed by atoms with E-state index in [4.69, 9.17) is 9.47 Å². The summed E-state index contributed by atoms with van der Waals surface area (Å²) < 4.78 is 10.9. The number of carbonyl (C=O) groups is 1. The smallest absolute Gasteiger partial charge is 0.217 e. The van der Waals surface area contributed by atoms with Crippen molar-refractivity contribution in [3.8, 4) is 11.5 Å². The molecule has 0 aliphatic carbocycles. The van der Waals surface area contributed by atoms with Crippen molar-refractivity contribution in [2.45, 2.75) is 32.4 Å². The highest BCUT2D eigenvalue weighted by Crippen LogP contribution is 2.32. The SMILES string of the molecule is COc1ccc(OC)c(CN2CCC([C@@H](NC(C)=O)c3ccccn3)CC2)c1. The maximum atomic E-state index is 11.7. The number of ether oxygens (including phenoxy) is 2. The van der Waals surface area contributed by atoms with E-state index in [1.54, 1.807) is 27.3 Å². The summed E-state index contributed by atoms with van der Waals surface area (Å²) in [5.41, 5.74) is 2.06. The molecule has 1 aromatic heterocycles. The highest BCUT2D eigenvalue weighted by Gasteiger charge is 2.29. The number of likely N-dealkylation sites (tertiary alicyclic amines) is 1. The van der Waals surface area contributed by atoms with E-state index in [0.29, 0.717) is 5.92 Å². The molecule has 1 saturated heterocycles. The van der Waals surface area contributed by atoms with Gasteiger partial charge in [-0.15, -0.1) is 0 Å². The third-order valence-electron chi connectivity index (χ3n) is 5.35. The molecule has 1 fully saturated rings. The van der Waals surface area contributed by atoms with Gasteiger partial charge in [-0.1, -0.05) is 6.07 Å². The van der Waals surface area contributed by atoms with Crippen LogP contribution in [0.3, 0.4) is 0 Å². The molecule has 0 unspecified atom stereocenters. The molecule has 1 atom stereocenters. The van der Waals surface area contributed by atoms with Crippen molar-refractivity contribution in [3.05, 3.63) is 53.9 Å². The first-order valence-electron chi connectivity index (χ1n) is 9.72. The van der Waals surface area contributed by atoms with Gasteiger partial charge in [-0.3, -0.25) is 14.7 Å². The number of hydrogen-bond acceptors (Lipinski definition) is 5. The molecule has 0 saturated carbocycles. The Bertz CT molecular complexity index is 774. The Morgan fingerprint density at radius 3 is 2.61 bits per heavy atom. The number of carbonyl (C=O) groups excluding carboxylic acids is 1. The molecule has 0 bridgehead atoms. The van der Waals surface area contributed by atoms with E-state index in [9.17, 15) is 4.79 Å². The van der Waals surface area contributed by atoms with Crippen molar-refractivity contribution in [1.82, 2.24) is 15.2 Å². The maximum Gasteiger partial charge on any atom is 0.217 e. The van der Waals surface area contributed by atoms with E-state index in [1.165, 1.54) is 0 Å². The summed E-state index contributed by atoms with van der Waals surface area (Å²) in [5, 5.41) is 3.11. The quantitative estimate of drug-likeness (QED) is 0.796. The molecule has 28 heavy (non-hydrogen) atoms. The number of methoxy groups -OCH3 is 2. The molecule has 2 heterocycles. The van der Waals surface area contributed by atoms with Crippen molar-refractivity contribution in [2.24, 2.45) is 5.92 Å². The zero-order chi connectivity index (χ0) is 19.9. The van der Waals surface area contributed by atoms with Crippen LogP contribution in [0.2, 0.25) is 0 Å². The lowest BCUT2D eigenvalue weighted by Crippen LogP contribution is -2.40. The Labute approximate surface area is 166 Å². The standard InChI is InChI=1S/C22H29N3O3/c1-16(26)24-22(20-6-4-5-11-23-20)17-9-12-25(13-10-17)15-18-14-19(27-2)7-8-21(18)28-3/h4-8,11,14,17,22H,9-10,12-13,15H2,1-3H3,(H,24,26)/t22-/m1/s1. The van der Waals surface area contributed by atoms with Crippen LogP contribution in [0.4, 0.5) is 0 Å². The van der Waals surface area contributed by atoms with Crippen LogP contribution in [0.1, 0.15) is 37.1 Å². The van der Waals surface area contributed by atoms with Gasteiger partial charge in [0.15, 0.2) is 0 Å². The van der Waals surface area contributed by atoms with Gasteiger partial charge >= 0.3 is 0 Å². The van der Waals surface area contributed by atoms with Gasteiger partial charge in [0.25, 0.3) is 0 Å². The van der Waals surface area contributed by atoms with Gasteiger partial charge in [-0.05, 0) is 62.2 Å². The molecule has 6 heteroatoms. The molecule has 150 valence electrons. The highest BCUT2D eigenvalue weighted by molar-refractivity contribution is 5.73. The van der Waals surface area contributed by atoms with Crippen molar-refractivity contribution in [2.75, 3.05) is 27.3 Å². The Morgan fingerprint density at radius 2 is 2.00 bits per heavy atom. The zero-order valence-electron chi connectivity index (χ0n) is 16.9. The Morgan fingerprint density at radius 1 is 1.21 bits per heavy atom. The average Bonchev–Trinajstić information content (AvgIpc) is 2.73. The minimum atomic E-state index is -0.0350. The Balaban J connectivity index is 1.65. The predicted molar refractivity (Wildman–Crippen MR) is 108 cm³/mol. The number of piperidine rings is 1. The molecule has 1 amide bonds. The summed E-state index contributed by atoms with van der Waals surface area (Å²) in [4.78, 5) is 18.6. The summed E-state index contributed by atoms with van der Waals surface area (Å²) in [6.45, 7) is 4.32. The van der Waals surface area contributed by atoms with Crippen LogP contribution in [0.5, 0.6) is 11.5 Å². The van der Waals surface area contributed by atoms with Gasteiger partial charge in [0.1, 0.15) is 11.5 Å². The van der Waals surface area contributed by atoms with Crippen LogP contribution in [-0.4, -0.2) is 43.1 Å². The first-order chi connectivity index (χ1) is 13.6. The van der Waals surface area contributed by atoms with Crippen molar-refractivity contribution in [3.63, 3.8) is 0 Å². The molecule has 0 spiro atoms. The van der Waals surface area contributed by atoms with Gasteiger partial charge in [-0.2, -0.15) is 0 Å². The van der Waals surface area contributed by atoms with Crippen LogP contribution in [0.25, 0.3) is 0 Å². The zero-order valence-corrected chi connectivity index (χ0v) is 16.9. The molecule has 3 rings (SSSR count). The monoisotopic (exact) mass is 383 g/mol. The van der Waals surface area contributed by atoms with Crippen LogP contribution >= 0.6 is 0 Å². The van der Waals surface area contributed by atoms with Crippen LogP contribution in [0.15, 0.2) is 42.6 Å². The Hall–Kier alpha value is -2.60. The summed E-state index contributed by atoms with van der Waals surface area (Å²) in [5.74, 6) is 2.08. The van der Waals surface area contributed by atoms with Crippen LogP contribution < -0.4 is 14.8 Å². The molecular formula is C22H29N3O3. The van der Waals surface area contributed by atoms with Gasteiger partial charge < -0.3 is 14.8 Å². The van der Waals surface area contributed by atoms with Crippen molar-refractivity contribution in [1.29, 1.82) is 0 Å². The Kier molecular flexibility index (Phi) is 6.87. The second-order valence-corrected chi connectivity index (χ2v) is 7.22. The van der Waals surface area contributed by atoms with E-state index in [1.807, 2.05) is 36.4 Å². The lowest BCUT2D eigenvalue weighted by Gasteiger charge is -2.36. The number of nitrogens with zero attached hydrogens (tertiary/aromatic N) is 2. The predicted octanol–water partition coefficient (Wildman–Crippen LogP) is 3.19. The molecule has 6 nitrogen and oxygen atoms in total. The fraction of sp³-hybridized carbons (Fsp3) is 0.455. The van der Waals surface area contributed by atoms with Crippen molar-refractivity contribution >= 4 is 5.91 Å². The minimum absolute atomic E-state index is 0.0146. The van der Waals surface area contributed by atoms with Gasteiger partial charge in [0.05, 0.1) is 26.0 Å². The first kappa shape index (κ1) is 20.1. The highest BCUT2D eigenvalue weighted by atomic mass is 16.5. The molecule has 1 N–H and O–H groups in total. The third kappa shape index (κ3) is 5.01. The van der Waals surface area contributed by atoms with Crippen LogP contribution in [0, 0.1) is 5.92 Å². The average molecular weight is 383 g/mol. The van der Waals surface area contributed by atoms with Gasteiger partial charge in [0.2, 0.25) is 5.91 Å². The second kappa shape index (κ2) is 9.55. The molecule has 1 aliphatic heterocycles. The molecular weight excluding hydrogens is 354 g/mol. The largest absolute Gasteiger partial charge is 0.497 e. The number of amides is 1. The lowest BCUT2D eigenvalue weighted by atomic mass is 9.87. The topological polar surface area (TPSA) is 63.7 Å². The molecule has 1 aromatic carbocycles. The normalized spacial score (nSPS) is 16.4. The summed E-state index contributed by atoms with van der Waals surface area (Å²) >= 11 is 0. The maximum absolute atomic E-state index is 11.7. The van der Waals surface area contributed by atoms with Crippen LogP contribution in [-0.2, 0) is 11.3 Å². The fourth-order valence-corrected chi connectivity index (χ4v) is 3.90. The van der Waals surface area contributed by atoms with Gasteiger partial charge in [-0.25, -0.2) is 0 Å². The number of rotatable bonds is 7. The summed E-state index contributed by atoms with van der Waals surface area (Å²) in [6.07, 6.45) is 3.80. The summed E-state index contributed by atoms with van der Waals surface area (Å²) in [6, 6.07) is 11.7. The van der Waals surface area contributed by atoms with E-state index in [2.05, 4.69) is 15.2 Å². The van der Waals surface area contributed by atoms with E-state index >= 15 is 0 Å². The van der Waals surface area contributed by atoms with E-state index in [-0.39, 0.29) is 11.9 Å². The number of aromatic nitrogens is 1. The van der Waals surface area contributed by atoms with Crippen molar-refractivity contribution < 1.29 is 14.3 Å². The van der Waals surface area contributed by atoms with Gasteiger partial charge in [0, 0.05) is 25.2 Å². The third-order valence-corrected chi connectivity index (χ3v) is 5.35. The number of benzene rings is 1. The fourth-order valence-electron chi connectivity index (χ4n) is 3.90. The summed E-state index contributed by atoms with van der Waals surface area (Å²) in [7, 11) is 3.37. The van der Waals surface area contributed by atoms with E-state index in [0.717, 1.165) is 55.2 Å².